The third-order valence-corrected chi connectivity index (χ3v) is 6.29. The van der Waals surface area contributed by atoms with Gasteiger partial charge in [-0.2, -0.15) is 0 Å². The lowest BCUT2D eigenvalue weighted by molar-refractivity contribution is -0.117. The number of carbonyl (C=O) groups is 1. The van der Waals surface area contributed by atoms with Crippen molar-refractivity contribution >= 4 is 46.0 Å². The van der Waals surface area contributed by atoms with E-state index in [0.717, 1.165) is 29.3 Å². The number of hydrogen-bond donors (Lipinski definition) is 2. The molecule has 2 atom stereocenters. The molecule has 0 aliphatic heterocycles. The molecule has 34 heavy (non-hydrogen) atoms. The van der Waals surface area contributed by atoms with Gasteiger partial charge in [-0.15, -0.1) is 0 Å². The second-order valence-corrected chi connectivity index (χ2v) is 8.15. The lowest BCUT2D eigenvalue weighted by Gasteiger charge is -2.37. The van der Waals surface area contributed by atoms with Gasteiger partial charge in [0.05, 0.1) is 29.8 Å². The molecule has 0 spiro atoms. The molecule has 3 aromatic rings. The van der Waals surface area contributed by atoms with Gasteiger partial charge in [-0.3, -0.25) is 4.79 Å². The summed E-state index contributed by atoms with van der Waals surface area (Å²) in [6.45, 7) is 7.49. The van der Waals surface area contributed by atoms with Crippen LogP contribution in [0.15, 0.2) is 43.1 Å². The molecule has 1 aliphatic rings. The van der Waals surface area contributed by atoms with Gasteiger partial charge in [0.25, 0.3) is 0 Å². The smallest absolute Gasteiger partial charge is 0.243 e. The molecular weight excluding hydrogens is 475 g/mol. The average molecular weight is 503 g/mol. The SMILES string of the molecule is C=CC(=O)NC1CCC1Nc1ncc2cc(-c3c(Cl)c(OC)cc(OC)c3Cl)ccc2n1.CC. The molecule has 1 aliphatic carbocycles. The van der Waals surface area contributed by atoms with Crippen LogP contribution in [0.5, 0.6) is 11.5 Å². The Labute approximate surface area is 209 Å². The van der Waals surface area contributed by atoms with E-state index in [1.165, 1.54) is 20.3 Å². The topological polar surface area (TPSA) is 85.4 Å². The van der Waals surface area contributed by atoms with Gasteiger partial charge < -0.3 is 20.1 Å². The Kier molecular flexibility index (Phi) is 8.58. The van der Waals surface area contributed by atoms with Crippen LogP contribution in [0.1, 0.15) is 26.7 Å². The highest BCUT2D eigenvalue weighted by Gasteiger charge is 2.32. The molecule has 180 valence electrons. The normalized spacial score (nSPS) is 16.5. The minimum Gasteiger partial charge on any atom is -0.495 e. The molecule has 1 heterocycles. The third-order valence-electron chi connectivity index (χ3n) is 5.54. The summed E-state index contributed by atoms with van der Waals surface area (Å²) >= 11 is 13.1. The molecule has 0 bridgehead atoms. The van der Waals surface area contributed by atoms with Crippen molar-refractivity contribution in [2.75, 3.05) is 19.5 Å². The lowest BCUT2D eigenvalue weighted by Crippen LogP contribution is -2.53. The monoisotopic (exact) mass is 502 g/mol. The Morgan fingerprint density at radius 3 is 2.29 bits per heavy atom. The maximum atomic E-state index is 11.5. The highest BCUT2D eigenvalue weighted by Crippen LogP contribution is 2.46. The van der Waals surface area contributed by atoms with Gasteiger partial charge in [0.1, 0.15) is 11.5 Å². The van der Waals surface area contributed by atoms with Crippen molar-refractivity contribution in [3.63, 3.8) is 0 Å². The zero-order valence-electron chi connectivity index (χ0n) is 19.6. The van der Waals surface area contributed by atoms with E-state index in [9.17, 15) is 4.79 Å². The number of nitrogens with one attached hydrogen (secondary N) is 2. The molecule has 1 saturated carbocycles. The lowest BCUT2D eigenvalue weighted by atomic mass is 9.86. The number of methoxy groups -OCH3 is 2. The van der Waals surface area contributed by atoms with Crippen LogP contribution >= 0.6 is 23.2 Å². The van der Waals surface area contributed by atoms with Crippen molar-refractivity contribution < 1.29 is 14.3 Å². The molecule has 9 heteroatoms. The molecule has 2 unspecified atom stereocenters. The fourth-order valence-corrected chi connectivity index (χ4v) is 4.37. The van der Waals surface area contributed by atoms with Crippen LogP contribution in [0.4, 0.5) is 5.95 Å². The third kappa shape index (κ3) is 5.21. The zero-order valence-corrected chi connectivity index (χ0v) is 21.1. The molecule has 2 N–H and O–H groups in total. The molecule has 1 fully saturated rings. The van der Waals surface area contributed by atoms with Crippen molar-refractivity contribution in [1.82, 2.24) is 15.3 Å². The fraction of sp³-hybridized carbons (Fsp3) is 0.320. The summed E-state index contributed by atoms with van der Waals surface area (Å²) in [6, 6.07) is 7.46. The van der Waals surface area contributed by atoms with E-state index < -0.39 is 0 Å². The van der Waals surface area contributed by atoms with Gasteiger partial charge in [0.2, 0.25) is 11.9 Å². The largest absolute Gasteiger partial charge is 0.495 e. The molecule has 0 saturated heterocycles. The van der Waals surface area contributed by atoms with Crippen LogP contribution in [0.25, 0.3) is 22.0 Å². The second kappa shape index (κ2) is 11.4. The first kappa shape index (κ1) is 25.6. The van der Waals surface area contributed by atoms with E-state index >= 15 is 0 Å². The Balaban J connectivity index is 0.00000158. The predicted molar refractivity (Wildman–Crippen MR) is 138 cm³/mol. The maximum Gasteiger partial charge on any atom is 0.243 e. The summed E-state index contributed by atoms with van der Waals surface area (Å²) in [5.41, 5.74) is 2.17. The van der Waals surface area contributed by atoms with E-state index in [4.69, 9.17) is 32.7 Å². The standard InChI is InChI=1S/C23H22Cl2N4O3.C2H6/c1-4-19(30)27-15-7-8-16(15)29-23-26-11-13-9-12(5-6-14(13)28-23)20-21(24)17(31-2)10-18(32-3)22(20)25;1-2/h4-6,9-11,15-16H,1,7-8H2,2-3H3,(H,27,30)(H,26,28,29);1-2H3. The molecule has 4 rings (SSSR count). The Morgan fingerprint density at radius 2 is 1.74 bits per heavy atom. The van der Waals surface area contributed by atoms with E-state index in [2.05, 4.69) is 27.2 Å². The number of fused-ring (bicyclic) bond motifs is 1. The fourth-order valence-electron chi connectivity index (χ4n) is 3.65. The summed E-state index contributed by atoms with van der Waals surface area (Å²) in [6.07, 6.45) is 4.84. The van der Waals surface area contributed by atoms with Gasteiger partial charge in [0.15, 0.2) is 0 Å². The van der Waals surface area contributed by atoms with E-state index in [1.807, 2.05) is 32.0 Å². The number of anilines is 1. The first-order valence-corrected chi connectivity index (χ1v) is 11.8. The van der Waals surface area contributed by atoms with E-state index in [1.54, 1.807) is 12.3 Å². The number of halogens is 2. The summed E-state index contributed by atoms with van der Waals surface area (Å²) in [5, 5.41) is 7.83. The number of carbonyl (C=O) groups excluding carboxylic acids is 1. The van der Waals surface area contributed by atoms with Gasteiger partial charge in [-0.05, 0) is 36.6 Å². The van der Waals surface area contributed by atoms with Crippen molar-refractivity contribution in [2.45, 2.75) is 38.8 Å². The number of amides is 1. The number of benzene rings is 2. The molecule has 0 radical (unpaired) electrons. The number of rotatable bonds is 7. The number of aromatic nitrogens is 2. The Morgan fingerprint density at radius 1 is 1.09 bits per heavy atom. The van der Waals surface area contributed by atoms with Crippen LogP contribution in [0, 0.1) is 0 Å². The van der Waals surface area contributed by atoms with Crippen molar-refractivity contribution in [3.05, 3.63) is 53.2 Å². The molecule has 2 aromatic carbocycles. The zero-order chi connectivity index (χ0) is 24.8. The summed E-state index contributed by atoms with van der Waals surface area (Å²) in [7, 11) is 3.08. The highest BCUT2D eigenvalue weighted by molar-refractivity contribution is 6.41. The number of ether oxygens (including phenoxy) is 2. The molecule has 7 nitrogen and oxygen atoms in total. The average Bonchev–Trinajstić information content (AvgIpc) is 2.86. The van der Waals surface area contributed by atoms with Crippen molar-refractivity contribution in [3.8, 4) is 22.6 Å². The number of nitrogens with zero attached hydrogens (tertiary/aromatic N) is 2. The van der Waals surface area contributed by atoms with Crippen LogP contribution in [0.2, 0.25) is 10.0 Å². The van der Waals surface area contributed by atoms with E-state index in [-0.39, 0.29) is 18.0 Å². The summed E-state index contributed by atoms with van der Waals surface area (Å²) in [5.74, 6) is 1.27. The summed E-state index contributed by atoms with van der Waals surface area (Å²) in [4.78, 5) is 20.6. The van der Waals surface area contributed by atoms with Gasteiger partial charge in [0, 0.05) is 35.3 Å². The molecular formula is C25H28Cl2N4O3. The minimum absolute atomic E-state index is 0.0366. The number of hydrogen-bond acceptors (Lipinski definition) is 6. The van der Waals surface area contributed by atoms with Crippen LogP contribution in [-0.2, 0) is 4.79 Å². The van der Waals surface area contributed by atoms with Crippen LogP contribution < -0.4 is 20.1 Å². The highest BCUT2D eigenvalue weighted by atomic mass is 35.5. The first-order valence-electron chi connectivity index (χ1n) is 11.0. The molecule has 1 aromatic heterocycles. The van der Waals surface area contributed by atoms with Crippen LogP contribution in [-0.4, -0.2) is 42.2 Å². The van der Waals surface area contributed by atoms with Gasteiger partial charge in [-0.1, -0.05) is 49.7 Å². The quantitative estimate of drug-likeness (QED) is 0.391. The van der Waals surface area contributed by atoms with E-state index in [0.29, 0.717) is 33.1 Å². The Hall–Kier alpha value is -3.03. The summed E-state index contributed by atoms with van der Waals surface area (Å²) < 4.78 is 10.7. The second-order valence-electron chi connectivity index (χ2n) is 7.40. The minimum atomic E-state index is -0.181. The molecule has 1 amide bonds. The van der Waals surface area contributed by atoms with Gasteiger partial charge >= 0.3 is 0 Å². The Bertz CT molecular complexity index is 1170. The van der Waals surface area contributed by atoms with Gasteiger partial charge in [-0.25, -0.2) is 9.97 Å². The van der Waals surface area contributed by atoms with Crippen molar-refractivity contribution in [2.24, 2.45) is 0 Å². The van der Waals surface area contributed by atoms with Crippen LogP contribution in [0.3, 0.4) is 0 Å². The first-order chi connectivity index (χ1) is 16.4. The predicted octanol–water partition coefficient (Wildman–Crippen LogP) is 5.89. The maximum absolute atomic E-state index is 11.5. The van der Waals surface area contributed by atoms with Crippen molar-refractivity contribution in [1.29, 1.82) is 0 Å².